The molecule has 5 heteroatoms. The molecule has 0 aliphatic carbocycles. The summed E-state index contributed by atoms with van der Waals surface area (Å²) in [7, 11) is 2.09. The van der Waals surface area contributed by atoms with Crippen molar-refractivity contribution in [2.45, 2.75) is 6.42 Å². The second-order valence-electron chi connectivity index (χ2n) is 4.36. The van der Waals surface area contributed by atoms with E-state index in [-0.39, 0.29) is 5.91 Å². The number of amides is 1. The van der Waals surface area contributed by atoms with E-state index >= 15 is 0 Å². The maximum absolute atomic E-state index is 11.8. The van der Waals surface area contributed by atoms with Crippen LogP contribution >= 0.6 is 0 Å². The van der Waals surface area contributed by atoms with Gasteiger partial charge >= 0.3 is 0 Å². The summed E-state index contributed by atoms with van der Waals surface area (Å²) in [6.07, 6.45) is 3.83. The van der Waals surface area contributed by atoms with Crippen molar-refractivity contribution in [1.82, 2.24) is 20.3 Å². The van der Waals surface area contributed by atoms with Crippen LogP contribution in [0.5, 0.6) is 0 Å². The number of carbonyl (C=O) groups is 1. The van der Waals surface area contributed by atoms with E-state index in [2.05, 4.69) is 22.4 Å². The van der Waals surface area contributed by atoms with Crippen LogP contribution in [0.4, 0.5) is 0 Å². The summed E-state index contributed by atoms with van der Waals surface area (Å²) >= 11 is 0. The van der Waals surface area contributed by atoms with Crippen molar-refractivity contribution in [1.29, 1.82) is 0 Å². The first-order chi connectivity index (χ1) is 8.24. The van der Waals surface area contributed by atoms with Crippen LogP contribution in [0.3, 0.4) is 0 Å². The third-order valence-corrected chi connectivity index (χ3v) is 2.90. The highest BCUT2D eigenvalue weighted by molar-refractivity contribution is 5.77. The first kappa shape index (κ1) is 12.0. The van der Waals surface area contributed by atoms with Gasteiger partial charge in [-0.05, 0) is 24.7 Å². The van der Waals surface area contributed by atoms with E-state index in [0.717, 1.165) is 31.7 Å². The number of rotatable bonds is 3. The van der Waals surface area contributed by atoms with Crippen LogP contribution in [0.25, 0.3) is 0 Å². The van der Waals surface area contributed by atoms with Crippen molar-refractivity contribution in [3.8, 4) is 0 Å². The summed E-state index contributed by atoms with van der Waals surface area (Å²) in [4.78, 5) is 18.0. The summed E-state index contributed by atoms with van der Waals surface area (Å²) in [6, 6.07) is 3.73. The highest BCUT2D eigenvalue weighted by Gasteiger charge is 2.15. The van der Waals surface area contributed by atoms with Gasteiger partial charge in [0.25, 0.3) is 0 Å². The monoisotopic (exact) mass is 234 g/mol. The largest absolute Gasteiger partial charge is 0.304 e. The number of hydrogen-bond donors (Lipinski definition) is 1. The average molecular weight is 234 g/mol. The Kier molecular flexibility index (Phi) is 4.06. The molecule has 0 saturated carbocycles. The molecular weight excluding hydrogens is 216 g/mol. The third-order valence-electron chi connectivity index (χ3n) is 2.90. The zero-order valence-electron chi connectivity index (χ0n) is 10.1. The lowest BCUT2D eigenvalue weighted by Crippen LogP contribution is -2.52. The molecule has 1 aromatic rings. The Morgan fingerprint density at radius 1 is 1.29 bits per heavy atom. The minimum atomic E-state index is 0.0424. The molecule has 0 spiro atoms. The second-order valence-corrected chi connectivity index (χ2v) is 4.36. The van der Waals surface area contributed by atoms with Gasteiger partial charge in [-0.25, -0.2) is 5.01 Å². The fourth-order valence-electron chi connectivity index (χ4n) is 1.82. The van der Waals surface area contributed by atoms with Crippen molar-refractivity contribution in [2.24, 2.45) is 0 Å². The zero-order valence-corrected chi connectivity index (χ0v) is 10.1. The Morgan fingerprint density at radius 2 is 1.94 bits per heavy atom. The lowest BCUT2D eigenvalue weighted by atomic mass is 10.2. The van der Waals surface area contributed by atoms with Crippen LogP contribution in [-0.2, 0) is 11.2 Å². The number of nitrogens with zero attached hydrogens (tertiary/aromatic N) is 3. The van der Waals surface area contributed by atoms with E-state index in [9.17, 15) is 4.79 Å². The number of aromatic nitrogens is 1. The van der Waals surface area contributed by atoms with Crippen molar-refractivity contribution in [3.63, 3.8) is 0 Å². The Labute approximate surface area is 101 Å². The fraction of sp³-hybridized carbons (Fsp3) is 0.500. The quantitative estimate of drug-likeness (QED) is 0.793. The summed E-state index contributed by atoms with van der Waals surface area (Å²) in [5, 5.41) is 1.99. The molecule has 0 radical (unpaired) electrons. The van der Waals surface area contributed by atoms with Crippen LogP contribution in [0.2, 0.25) is 0 Å². The molecule has 17 heavy (non-hydrogen) atoms. The van der Waals surface area contributed by atoms with Crippen molar-refractivity contribution >= 4 is 5.91 Å². The number of nitrogens with one attached hydrogen (secondary N) is 1. The normalized spacial score (nSPS) is 17.9. The predicted octanol–water partition coefficient (Wildman–Crippen LogP) is -0.0973. The minimum Gasteiger partial charge on any atom is -0.304 e. The minimum absolute atomic E-state index is 0.0424. The lowest BCUT2D eigenvalue weighted by molar-refractivity contribution is -0.126. The Bertz CT molecular complexity index is 360. The second kappa shape index (κ2) is 5.75. The molecule has 92 valence electrons. The standard InChI is InChI=1S/C12H18N4O/c1-15-6-8-16(9-7-15)14-12(17)10-11-2-4-13-5-3-11/h2-5H,6-10H2,1H3,(H,14,17). The molecule has 1 N–H and O–H groups in total. The number of hydrazine groups is 1. The van der Waals surface area contributed by atoms with E-state index in [0.29, 0.717) is 6.42 Å². The van der Waals surface area contributed by atoms with E-state index in [1.807, 2.05) is 17.1 Å². The van der Waals surface area contributed by atoms with Gasteiger partial charge in [0.1, 0.15) is 0 Å². The molecule has 1 aliphatic rings. The predicted molar refractivity (Wildman–Crippen MR) is 65.2 cm³/mol. The molecule has 1 aromatic heterocycles. The van der Waals surface area contributed by atoms with Gasteiger partial charge in [0, 0.05) is 38.6 Å². The number of piperazine rings is 1. The SMILES string of the molecule is CN1CCN(NC(=O)Cc2ccncc2)CC1. The smallest absolute Gasteiger partial charge is 0.238 e. The summed E-state index contributed by atoms with van der Waals surface area (Å²) in [5.41, 5.74) is 3.93. The van der Waals surface area contributed by atoms with Gasteiger partial charge in [-0.3, -0.25) is 15.2 Å². The molecule has 0 atom stereocenters. The highest BCUT2D eigenvalue weighted by atomic mass is 16.2. The van der Waals surface area contributed by atoms with Crippen LogP contribution in [0.15, 0.2) is 24.5 Å². The van der Waals surface area contributed by atoms with Crippen molar-refractivity contribution < 1.29 is 4.79 Å². The fourth-order valence-corrected chi connectivity index (χ4v) is 1.82. The van der Waals surface area contributed by atoms with Gasteiger partial charge in [0.15, 0.2) is 0 Å². The van der Waals surface area contributed by atoms with Crippen LogP contribution in [0, 0.1) is 0 Å². The van der Waals surface area contributed by atoms with Crippen molar-refractivity contribution in [3.05, 3.63) is 30.1 Å². The summed E-state index contributed by atoms with van der Waals surface area (Å²) in [5.74, 6) is 0.0424. The number of carbonyl (C=O) groups excluding carboxylic acids is 1. The number of hydrogen-bond acceptors (Lipinski definition) is 4. The molecule has 1 saturated heterocycles. The van der Waals surface area contributed by atoms with E-state index < -0.39 is 0 Å². The Balaban J connectivity index is 1.78. The molecule has 1 amide bonds. The summed E-state index contributed by atoms with van der Waals surface area (Å²) in [6.45, 7) is 3.77. The molecule has 0 aromatic carbocycles. The maximum Gasteiger partial charge on any atom is 0.238 e. The van der Waals surface area contributed by atoms with Gasteiger partial charge in [0.05, 0.1) is 6.42 Å². The van der Waals surface area contributed by atoms with Gasteiger partial charge in [-0.15, -0.1) is 0 Å². The molecule has 0 unspecified atom stereocenters. The van der Waals surface area contributed by atoms with E-state index in [1.165, 1.54) is 0 Å². The zero-order chi connectivity index (χ0) is 12.1. The first-order valence-corrected chi connectivity index (χ1v) is 5.86. The number of pyridine rings is 1. The Hall–Kier alpha value is -1.46. The highest BCUT2D eigenvalue weighted by Crippen LogP contribution is 1.99. The Morgan fingerprint density at radius 3 is 2.59 bits per heavy atom. The number of likely N-dealkylation sites (N-methyl/N-ethyl adjacent to an activating group) is 1. The van der Waals surface area contributed by atoms with E-state index in [1.54, 1.807) is 12.4 Å². The molecule has 2 heterocycles. The lowest BCUT2D eigenvalue weighted by Gasteiger charge is -2.32. The molecule has 1 fully saturated rings. The van der Waals surface area contributed by atoms with Crippen LogP contribution in [-0.4, -0.2) is 54.0 Å². The van der Waals surface area contributed by atoms with E-state index in [4.69, 9.17) is 0 Å². The van der Waals surface area contributed by atoms with Crippen LogP contribution in [0.1, 0.15) is 5.56 Å². The maximum atomic E-state index is 11.8. The topological polar surface area (TPSA) is 48.5 Å². The first-order valence-electron chi connectivity index (χ1n) is 5.86. The van der Waals surface area contributed by atoms with Gasteiger partial charge in [-0.2, -0.15) is 0 Å². The van der Waals surface area contributed by atoms with Gasteiger partial charge in [-0.1, -0.05) is 0 Å². The molecule has 5 nitrogen and oxygen atoms in total. The summed E-state index contributed by atoms with van der Waals surface area (Å²) < 4.78 is 0. The van der Waals surface area contributed by atoms with Gasteiger partial charge in [0.2, 0.25) is 5.91 Å². The van der Waals surface area contributed by atoms with Gasteiger partial charge < -0.3 is 4.90 Å². The van der Waals surface area contributed by atoms with Crippen molar-refractivity contribution in [2.75, 3.05) is 33.2 Å². The third kappa shape index (κ3) is 3.80. The molecule has 1 aliphatic heterocycles. The molecule has 2 rings (SSSR count). The van der Waals surface area contributed by atoms with Crippen LogP contribution < -0.4 is 5.43 Å². The molecule has 0 bridgehead atoms. The average Bonchev–Trinajstić information content (AvgIpc) is 2.33. The molecular formula is C12H18N4O.